The number of halogens is 4. The first-order chi connectivity index (χ1) is 8.58. The lowest BCUT2D eigenvalue weighted by atomic mass is 10.0. The zero-order chi connectivity index (χ0) is 13.1. The van der Waals surface area contributed by atoms with Crippen LogP contribution in [0.4, 0.5) is 0 Å². The molecule has 0 amide bonds. The van der Waals surface area contributed by atoms with Gasteiger partial charge in [-0.15, -0.1) is 23.2 Å². The summed E-state index contributed by atoms with van der Waals surface area (Å²) in [5.41, 5.74) is 1.88. The SMILES string of the molecule is Clc1ccc([C@@H](Cl)[C@@H](Cl)c2ccc(Cl)cc2)cc1. The second kappa shape index (κ2) is 6.16. The molecule has 2 atom stereocenters. The van der Waals surface area contributed by atoms with Gasteiger partial charge in [-0.3, -0.25) is 0 Å². The predicted molar refractivity (Wildman–Crippen MR) is 80.1 cm³/mol. The van der Waals surface area contributed by atoms with Crippen LogP contribution in [0.2, 0.25) is 10.0 Å². The smallest absolute Gasteiger partial charge is 0.0790 e. The monoisotopic (exact) mass is 318 g/mol. The molecule has 94 valence electrons. The van der Waals surface area contributed by atoms with Gasteiger partial charge in [0.25, 0.3) is 0 Å². The second-order valence-corrected chi connectivity index (χ2v) is 5.72. The van der Waals surface area contributed by atoms with Gasteiger partial charge in [-0.2, -0.15) is 0 Å². The zero-order valence-corrected chi connectivity index (χ0v) is 12.3. The Kier molecular flexibility index (Phi) is 4.80. The van der Waals surface area contributed by atoms with E-state index in [-0.39, 0.29) is 10.8 Å². The van der Waals surface area contributed by atoms with Gasteiger partial charge in [-0.1, -0.05) is 47.5 Å². The van der Waals surface area contributed by atoms with Crippen LogP contribution in [0.1, 0.15) is 21.9 Å². The van der Waals surface area contributed by atoms with E-state index in [1.807, 2.05) is 24.3 Å². The summed E-state index contributed by atoms with van der Waals surface area (Å²) in [5.74, 6) is 0. The molecule has 4 heteroatoms. The third kappa shape index (κ3) is 3.33. The summed E-state index contributed by atoms with van der Waals surface area (Å²) in [7, 11) is 0. The Balaban J connectivity index is 2.20. The molecule has 0 saturated heterocycles. The van der Waals surface area contributed by atoms with Gasteiger partial charge in [-0.05, 0) is 35.4 Å². The van der Waals surface area contributed by atoms with Gasteiger partial charge in [0.15, 0.2) is 0 Å². The van der Waals surface area contributed by atoms with E-state index in [1.165, 1.54) is 0 Å². The standard InChI is InChI=1S/C14H10Cl4/c15-11-5-1-9(2-6-11)13(17)14(18)10-3-7-12(16)8-4-10/h1-8,13-14H/t13-,14+. The third-order valence-corrected chi connectivity index (χ3v) is 4.27. The normalized spacial score (nSPS) is 14.2. The van der Waals surface area contributed by atoms with Gasteiger partial charge in [0.05, 0.1) is 10.8 Å². The van der Waals surface area contributed by atoms with Gasteiger partial charge >= 0.3 is 0 Å². The van der Waals surface area contributed by atoms with Crippen LogP contribution in [0.25, 0.3) is 0 Å². The van der Waals surface area contributed by atoms with Crippen LogP contribution in [-0.4, -0.2) is 0 Å². The number of benzene rings is 2. The molecule has 0 nitrogen and oxygen atoms in total. The van der Waals surface area contributed by atoms with Gasteiger partial charge in [-0.25, -0.2) is 0 Å². The molecular weight excluding hydrogens is 310 g/mol. The molecule has 18 heavy (non-hydrogen) atoms. The van der Waals surface area contributed by atoms with E-state index < -0.39 is 0 Å². The lowest BCUT2D eigenvalue weighted by molar-refractivity contribution is 0.882. The molecule has 0 saturated carbocycles. The Morgan fingerprint density at radius 2 is 0.833 bits per heavy atom. The van der Waals surface area contributed by atoms with Crippen molar-refractivity contribution < 1.29 is 0 Å². The number of rotatable bonds is 3. The lowest BCUT2D eigenvalue weighted by Crippen LogP contribution is -2.00. The molecule has 0 aliphatic rings. The molecule has 0 aliphatic carbocycles. The molecule has 2 aromatic carbocycles. The second-order valence-electron chi connectivity index (χ2n) is 3.91. The number of hydrogen-bond acceptors (Lipinski definition) is 0. The molecule has 0 heterocycles. The summed E-state index contributed by atoms with van der Waals surface area (Å²) in [6, 6.07) is 14.7. The fourth-order valence-corrected chi connectivity index (χ4v) is 2.47. The molecule has 0 aliphatic heterocycles. The fraction of sp³-hybridized carbons (Fsp3) is 0.143. The molecule has 0 spiro atoms. The Hall–Kier alpha value is -0.400. The van der Waals surface area contributed by atoms with Gasteiger partial charge < -0.3 is 0 Å². The minimum Gasteiger partial charge on any atom is -0.116 e. The van der Waals surface area contributed by atoms with Crippen LogP contribution in [-0.2, 0) is 0 Å². The quantitative estimate of drug-likeness (QED) is 0.586. The first-order valence-electron chi connectivity index (χ1n) is 5.37. The summed E-state index contributed by atoms with van der Waals surface area (Å²) < 4.78 is 0. The number of alkyl halides is 2. The van der Waals surface area contributed by atoms with Gasteiger partial charge in [0.2, 0.25) is 0 Å². The highest BCUT2D eigenvalue weighted by atomic mass is 35.5. The van der Waals surface area contributed by atoms with Crippen LogP contribution < -0.4 is 0 Å². The first kappa shape index (κ1) is 14.0. The third-order valence-electron chi connectivity index (χ3n) is 2.63. The van der Waals surface area contributed by atoms with E-state index in [1.54, 1.807) is 24.3 Å². The molecule has 2 rings (SSSR count). The average Bonchev–Trinajstić information content (AvgIpc) is 2.39. The first-order valence-corrected chi connectivity index (χ1v) is 7.00. The molecule has 0 N–H and O–H groups in total. The Morgan fingerprint density at radius 1 is 0.556 bits per heavy atom. The van der Waals surface area contributed by atoms with Crippen LogP contribution in [0.5, 0.6) is 0 Å². The molecule has 0 bridgehead atoms. The lowest BCUT2D eigenvalue weighted by Gasteiger charge is -2.17. The van der Waals surface area contributed by atoms with E-state index in [4.69, 9.17) is 46.4 Å². The Labute approximate surface area is 126 Å². The average molecular weight is 320 g/mol. The van der Waals surface area contributed by atoms with Crippen molar-refractivity contribution in [2.75, 3.05) is 0 Å². The maximum atomic E-state index is 6.38. The molecule has 0 radical (unpaired) electrons. The summed E-state index contributed by atoms with van der Waals surface area (Å²) >= 11 is 24.4. The van der Waals surface area contributed by atoms with Crippen LogP contribution in [0.3, 0.4) is 0 Å². The van der Waals surface area contributed by atoms with Crippen molar-refractivity contribution >= 4 is 46.4 Å². The van der Waals surface area contributed by atoms with Gasteiger partial charge in [0.1, 0.15) is 0 Å². The van der Waals surface area contributed by atoms with E-state index in [0.717, 1.165) is 11.1 Å². The van der Waals surface area contributed by atoms with Gasteiger partial charge in [0, 0.05) is 10.0 Å². The minimum absolute atomic E-state index is 0.315. The van der Waals surface area contributed by atoms with Crippen LogP contribution in [0.15, 0.2) is 48.5 Å². The summed E-state index contributed by atoms with van der Waals surface area (Å²) in [5, 5.41) is 0.732. The molecular formula is C14H10Cl4. The highest BCUT2D eigenvalue weighted by Crippen LogP contribution is 2.39. The predicted octanol–water partition coefficient (Wildman–Crippen LogP) is 6.25. The van der Waals surface area contributed by atoms with Crippen molar-refractivity contribution in [2.24, 2.45) is 0 Å². The van der Waals surface area contributed by atoms with Crippen molar-refractivity contribution in [2.45, 2.75) is 10.8 Å². The summed E-state index contributed by atoms with van der Waals surface area (Å²) in [4.78, 5) is 0. The molecule has 0 fully saturated rings. The topological polar surface area (TPSA) is 0 Å². The van der Waals surface area contributed by atoms with E-state index in [2.05, 4.69) is 0 Å². The van der Waals surface area contributed by atoms with Crippen molar-refractivity contribution in [1.29, 1.82) is 0 Å². The Bertz CT molecular complexity index is 455. The van der Waals surface area contributed by atoms with Crippen molar-refractivity contribution in [3.63, 3.8) is 0 Å². The summed E-state index contributed by atoms with van der Waals surface area (Å²) in [6.45, 7) is 0. The van der Waals surface area contributed by atoms with E-state index in [0.29, 0.717) is 10.0 Å². The van der Waals surface area contributed by atoms with E-state index in [9.17, 15) is 0 Å². The van der Waals surface area contributed by atoms with Crippen molar-refractivity contribution in [3.05, 3.63) is 69.7 Å². The van der Waals surface area contributed by atoms with Crippen molar-refractivity contribution in [1.82, 2.24) is 0 Å². The highest BCUT2D eigenvalue weighted by Gasteiger charge is 2.20. The fourth-order valence-electron chi connectivity index (χ4n) is 1.63. The van der Waals surface area contributed by atoms with Crippen molar-refractivity contribution in [3.8, 4) is 0 Å². The molecule has 2 aromatic rings. The Morgan fingerprint density at radius 3 is 1.11 bits per heavy atom. The maximum Gasteiger partial charge on any atom is 0.0790 e. The largest absolute Gasteiger partial charge is 0.116 e. The van der Waals surface area contributed by atoms with E-state index >= 15 is 0 Å². The zero-order valence-electron chi connectivity index (χ0n) is 9.29. The maximum absolute atomic E-state index is 6.38. The van der Waals surface area contributed by atoms with Crippen LogP contribution in [0, 0.1) is 0 Å². The number of hydrogen-bond donors (Lipinski definition) is 0. The van der Waals surface area contributed by atoms with Crippen LogP contribution >= 0.6 is 46.4 Å². The molecule has 0 aromatic heterocycles. The minimum atomic E-state index is -0.315. The summed E-state index contributed by atoms with van der Waals surface area (Å²) in [6.07, 6.45) is 0. The molecule has 0 unspecified atom stereocenters. The highest BCUT2D eigenvalue weighted by molar-refractivity contribution is 6.31.